The number of fused-ring (bicyclic) bond motifs is 1. The standard InChI is InChI=1S/C22H24N4OS2/c1-3-4-16-7-6-15(12-23)21(25-16)28-10-9-20(27)26-22-18(13-24)17-8-5-14(2)11-19(17)29-22/h6-7,14H,3-5,8-11H2,1-2H3,(H,26,27). The molecule has 1 aliphatic carbocycles. The lowest BCUT2D eigenvalue weighted by molar-refractivity contribution is -0.115. The molecular weight excluding hydrogens is 400 g/mol. The first kappa shape index (κ1) is 21.4. The molecule has 29 heavy (non-hydrogen) atoms. The molecule has 1 unspecified atom stereocenters. The van der Waals surface area contributed by atoms with Crippen molar-refractivity contribution >= 4 is 34.0 Å². The molecule has 1 aliphatic rings. The van der Waals surface area contributed by atoms with Crippen molar-refractivity contribution in [3.8, 4) is 12.1 Å². The van der Waals surface area contributed by atoms with Crippen molar-refractivity contribution in [1.82, 2.24) is 4.98 Å². The third-order valence-electron chi connectivity index (χ3n) is 4.99. The number of thiophene rings is 1. The van der Waals surface area contributed by atoms with Gasteiger partial charge < -0.3 is 5.32 Å². The van der Waals surface area contributed by atoms with Gasteiger partial charge in [-0.15, -0.1) is 23.1 Å². The SMILES string of the molecule is CCCc1ccc(C#N)c(SCCC(=O)Nc2sc3c(c2C#N)CCC(C)C3)n1. The van der Waals surface area contributed by atoms with Crippen LogP contribution < -0.4 is 5.32 Å². The van der Waals surface area contributed by atoms with E-state index >= 15 is 0 Å². The maximum Gasteiger partial charge on any atom is 0.225 e. The maximum absolute atomic E-state index is 12.5. The quantitative estimate of drug-likeness (QED) is 0.626. The molecule has 2 heterocycles. The third kappa shape index (κ3) is 5.18. The Labute approximate surface area is 180 Å². The summed E-state index contributed by atoms with van der Waals surface area (Å²) in [5, 5.41) is 23.1. The molecule has 0 saturated carbocycles. The van der Waals surface area contributed by atoms with Crippen molar-refractivity contribution in [2.75, 3.05) is 11.1 Å². The van der Waals surface area contributed by atoms with Gasteiger partial charge in [0.25, 0.3) is 0 Å². The Kier molecular flexibility index (Phi) is 7.30. The fourth-order valence-corrected chi connectivity index (χ4v) is 5.77. The summed E-state index contributed by atoms with van der Waals surface area (Å²) in [5.41, 5.74) is 3.27. The largest absolute Gasteiger partial charge is 0.317 e. The Bertz CT molecular complexity index is 984. The van der Waals surface area contributed by atoms with Gasteiger partial charge in [-0.2, -0.15) is 10.5 Å². The Balaban J connectivity index is 1.61. The Morgan fingerprint density at radius 2 is 2.21 bits per heavy atom. The van der Waals surface area contributed by atoms with Crippen molar-refractivity contribution in [2.24, 2.45) is 5.92 Å². The van der Waals surface area contributed by atoms with E-state index in [1.165, 1.54) is 16.6 Å². The van der Waals surface area contributed by atoms with E-state index in [1.54, 1.807) is 17.4 Å². The summed E-state index contributed by atoms with van der Waals surface area (Å²) >= 11 is 2.98. The fourth-order valence-electron chi connectivity index (χ4n) is 3.46. The zero-order chi connectivity index (χ0) is 20.8. The molecule has 150 valence electrons. The second-order valence-electron chi connectivity index (χ2n) is 7.33. The predicted octanol–water partition coefficient (Wildman–Crippen LogP) is 5.08. The van der Waals surface area contributed by atoms with Crippen LogP contribution in [0.4, 0.5) is 5.00 Å². The van der Waals surface area contributed by atoms with E-state index in [-0.39, 0.29) is 5.91 Å². The summed E-state index contributed by atoms with van der Waals surface area (Å²) in [4.78, 5) is 18.3. The highest BCUT2D eigenvalue weighted by Crippen LogP contribution is 2.39. The van der Waals surface area contributed by atoms with Gasteiger partial charge in [0.05, 0.1) is 11.1 Å². The minimum Gasteiger partial charge on any atom is -0.317 e. The van der Waals surface area contributed by atoms with Crippen LogP contribution in [0.2, 0.25) is 0 Å². The number of anilines is 1. The van der Waals surface area contributed by atoms with E-state index in [0.29, 0.717) is 39.2 Å². The smallest absolute Gasteiger partial charge is 0.225 e. The summed E-state index contributed by atoms with van der Waals surface area (Å²) in [7, 11) is 0. The van der Waals surface area contributed by atoms with Gasteiger partial charge in [-0.3, -0.25) is 4.79 Å². The number of aromatic nitrogens is 1. The molecule has 0 aliphatic heterocycles. The average molecular weight is 425 g/mol. The van der Waals surface area contributed by atoms with E-state index in [2.05, 4.69) is 36.3 Å². The number of nitrogens with one attached hydrogen (secondary N) is 1. The second kappa shape index (κ2) is 9.91. The number of pyridine rings is 1. The highest BCUT2D eigenvalue weighted by Gasteiger charge is 2.24. The van der Waals surface area contributed by atoms with Crippen LogP contribution in [0.15, 0.2) is 17.2 Å². The molecule has 0 saturated heterocycles. The van der Waals surface area contributed by atoms with Gasteiger partial charge >= 0.3 is 0 Å². The molecule has 2 aromatic rings. The summed E-state index contributed by atoms with van der Waals surface area (Å²) in [6, 6.07) is 8.15. The lowest BCUT2D eigenvalue weighted by atomic mass is 9.89. The topological polar surface area (TPSA) is 89.6 Å². The fraction of sp³-hybridized carbons (Fsp3) is 0.455. The molecule has 0 fully saturated rings. The molecule has 0 radical (unpaired) electrons. The van der Waals surface area contributed by atoms with Crippen molar-refractivity contribution in [3.05, 3.63) is 39.4 Å². The van der Waals surface area contributed by atoms with E-state index in [0.717, 1.165) is 43.4 Å². The minimum absolute atomic E-state index is 0.108. The van der Waals surface area contributed by atoms with E-state index in [9.17, 15) is 15.3 Å². The van der Waals surface area contributed by atoms with Gasteiger partial charge in [0.15, 0.2) is 0 Å². The van der Waals surface area contributed by atoms with Crippen LogP contribution in [-0.2, 0) is 24.1 Å². The van der Waals surface area contributed by atoms with Crippen molar-refractivity contribution in [3.63, 3.8) is 0 Å². The van der Waals surface area contributed by atoms with Crippen molar-refractivity contribution in [2.45, 2.75) is 57.4 Å². The first-order chi connectivity index (χ1) is 14.0. The number of amides is 1. The highest BCUT2D eigenvalue weighted by molar-refractivity contribution is 7.99. The van der Waals surface area contributed by atoms with Gasteiger partial charge in [-0.1, -0.05) is 20.3 Å². The van der Waals surface area contributed by atoms with Crippen LogP contribution in [0.5, 0.6) is 0 Å². The van der Waals surface area contributed by atoms with Crippen LogP contribution in [-0.4, -0.2) is 16.6 Å². The molecule has 1 N–H and O–H groups in total. The summed E-state index contributed by atoms with van der Waals surface area (Å²) < 4.78 is 0. The predicted molar refractivity (Wildman–Crippen MR) is 117 cm³/mol. The number of carbonyl (C=O) groups is 1. The Morgan fingerprint density at radius 1 is 1.38 bits per heavy atom. The van der Waals surface area contributed by atoms with Gasteiger partial charge in [-0.25, -0.2) is 4.98 Å². The van der Waals surface area contributed by atoms with Crippen LogP contribution >= 0.6 is 23.1 Å². The number of rotatable bonds is 7. The van der Waals surface area contributed by atoms with Crippen molar-refractivity contribution in [1.29, 1.82) is 10.5 Å². The Morgan fingerprint density at radius 3 is 2.93 bits per heavy atom. The van der Waals surface area contributed by atoms with Crippen LogP contribution in [0.25, 0.3) is 0 Å². The Hall–Kier alpha value is -2.35. The van der Waals surface area contributed by atoms with Crippen LogP contribution in [0.1, 0.15) is 60.4 Å². The molecule has 1 atom stereocenters. The van der Waals surface area contributed by atoms with Gasteiger partial charge in [-0.05, 0) is 49.3 Å². The molecular formula is C22H24N4OS2. The number of nitrogens with zero attached hydrogens (tertiary/aromatic N) is 3. The second-order valence-corrected chi connectivity index (χ2v) is 9.52. The summed E-state index contributed by atoms with van der Waals surface area (Å²) in [5.74, 6) is 1.05. The van der Waals surface area contributed by atoms with Gasteiger partial charge in [0, 0.05) is 22.7 Å². The molecule has 7 heteroatoms. The summed E-state index contributed by atoms with van der Waals surface area (Å²) in [6.07, 6.45) is 5.16. The highest BCUT2D eigenvalue weighted by atomic mass is 32.2. The molecule has 0 aromatic carbocycles. The van der Waals surface area contributed by atoms with E-state index in [4.69, 9.17) is 0 Å². The molecule has 2 aromatic heterocycles. The molecule has 1 amide bonds. The van der Waals surface area contributed by atoms with Crippen molar-refractivity contribution < 1.29 is 4.79 Å². The lowest BCUT2D eigenvalue weighted by Crippen LogP contribution is -2.12. The molecule has 3 rings (SSSR count). The number of thioether (sulfide) groups is 1. The zero-order valence-corrected chi connectivity index (χ0v) is 18.4. The van der Waals surface area contributed by atoms with E-state index in [1.807, 2.05) is 6.07 Å². The van der Waals surface area contributed by atoms with Crippen LogP contribution in [0.3, 0.4) is 0 Å². The number of hydrogen-bond acceptors (Lipinski definition) is 6. The third-order valence-corrected chi connectivity index (χ3v) is 7.15. The maximum atomic E-state index is 12.5. The van der Waals surface area contributed by atoms with Crippen LogP contribution in [0, 0.1) is 28.6 Å². The zero-order valence-electron chi connectivity index (χ0n) is 16.7. The number of nitriles is 2. The normalized spacial score (nSPS) is 15.2. The first-order valence-electron chi connectivity index (χ1n) is 9.93. The molecule has 5 nitrogen and oxygen atoms in total. The molecule has 0 bridgehead atoms. The number of carbonyl (C=O) groups excluding carboxylic acids is 1. The number of aryl methyl sites for hydroxylation is 1. The summed E-state index contributed by atoms with van der Waals surface area (Å²) in [6.45, 7) is 4.32. The number of hydrogen-bond donors (Lipinski definition) is 1. The molecule has 0 spiro atoms. The van der Waals surface area contributed by atoms with Gasteiger partial charge in [0.1, 0.15) is 22.2 Å². The van der Waals surface area contributed by atoms with Gasteiger partial charge in [0.2, 0.25) is 5.91 Å². The lowest BCUT2D eigenvalue weighted by Gasteiger charge is -2.17. The minimum atomic E-state index is -0.108. The monoisotopic (exact) mass is 424 g/mol. The van der Waals surface area contributed by atoms with E-state index < -0.39 is 0 Å². The first-order valence-corrected chi connectivity index (χ1v) is 11.7. The average Bonchev–Trinajstić information content (AvgIpc) is 3.04.